The molecule has 2 saturated heterocycles. The van der Waals surface area contributed by atoms with Crippen LogP contribution in [0, 0.1) is 23.3 Å². The second-order valence-electron chi connectivity index (χ2n) is 8.57. The molecule has 0 bridgehead atoms. The molecule has 0 spiro atoms. The van der Waals surface area contributed by atoms with Gasteiger partial charge in [-0.3, -0.25) is 4.79 Å². The highest BCUT2D eigenvalue weighted by atomic mass is 32.2. The summed E-state index contributed by atoms with van der Waals surface area (Å²) in [5.74, 6) is -3.73. The summed E-state index contributed by atoms with van der Waals surface area (Å²) in [6, 6.07) is 7.30. The average Bonchev–Trinajstić information content (AvgIpc) is 2.83. The maximum absolute atomic E-state index is 13.7. The lowest BCUT2D eigenvalue weighted by molar-refractivity contribution is -0.130. The van der Waals surface area contributed by atoms with Crippen molar-refractivity contribution in [1.82, 2.24) is 9.80 Å². The van der Waals surface area contributed by atoms with E-state index in [9.17, 15) is 22.4 Å². The smallest absolute Gasteiger partial charge is 0.224 e. The van der Waals surface area contributed by atoms with E-state index in [0.29, 0.717) is 37.2 Å². The van der Waals surface area contributed by atoms with Crippen molar-refractivity contribution in [3.05, 3.63) is 80.6 Å². The molecule has 1 amide bonds. The zero-order valence-electron chi connectivity index (χ0n) is 18.7. The highest BCUT2D eigenvalue weighted by Crippen LogP contribution is 2.35. The molecule has 0 unspecified atom stereocenters. The molecule has 2 fully saturated rings. The zero-order valence-corrected chi connectivity index (χ0v) is 19.5. The quantitative estimate of drug-likeness (QED) is 0.475. The molecule has 2 aliphatic heterocycles. The second-order valence-corrected chi connectivity index (χ2v) is 9.83. The minimum atomic E-state index is -0.942. The Kier molecular flexibility index (Phi) is 8.11. The van der Waals surface area contributed by atoms with Gasteiger partial charge in [-0.1, -0.05) is 30.3 Å². The largest absolute Gasteiger partial charge is 0.333 e. The Labute approximate surface area is 201 Å². The number of likely N-dealkylation sites (tertiary alicyclic amines) is 1. The molecule has 0 aliphatic carbocycles. The van der Waals surface area contributed by atoms with Crippen LogP contribution in [0.4, 0.5) is 17.6 Å². The Morgan fingerprint density at radius 1 is 0.794 bits per heavy atom. The average molecular weight is 491 g/mol. The van der Waals surface area contributed by atoms with Crippen molar-refractivity contribution >= 4 is 29.8 Å². The monoisotopic (exact) mass is 490 g/mol. The van der Waals surface area contributed by atoms with Crippen LogP contribution in [0.1, 0.15) is 36.8 Å². The summed E-state index contributed by atoms with van der Waals surface area (Å²) in [6.45, 7) is 3.40. The number of thioether (sulfide) groups is 1. The summed E-state index contributed by atoms with van der Waals surface area (Å²) in [5, 5.41) is 0. The van der Waals surface area contributed by atoms with Crippen molar-refractivity contribution < 1.29 is 22.4 Å². The van der Waals surface area contributed by atoms with E-state index < -0.39 is 23.3 Å². The molecule has 0 saturated carbocycles. The van der Waals surface area contributed by atoms with Crippen molar-refractivity contribution in [2.24, 2.45) is 0 Å². The summed E-state index contributed by atoms with van der Waals surface area (Å²) in [5.41, 5.74) is 0.965. The predicted molar refractivity (Wildman–Crippen MR) is 128 cm³/mol. The van der Waals surface area contributed by atoms with Crippen LogP contribution in [0.15, 0.2) is 46.2 Å². The van der Waals surface area contributed by atoms with E-state index in [1.807, 2.05) is 0 Å². The van der Waals surface area contributed by atoms with Gasteiger partial charge in [-0.05, 0) is 73.5 Å². The standard InChI is InChI=1S/C26H26F4N2OS/c27-22-6-4-18(14-24(22)29)12-20-16-32(26(33)8-11-31-9-2-1-3-10-31)17-21(34-20)13-19-5-7-23(28)25(30)15-19/h4-7,12-15H,1-3,8-11,16-17H2/b20-12+,21-13+. The molecule has 4 rings (SSSR count). The molecule has 0 N–H and O–H groups in total. The fourth-order valence-corrected chi connectivity index (χ4v) is 5.33. The Morgan fingerprint density at radius 2 is 1.32 bits per heavy atom. The number of piperidine rings is 1. The first-order valence-corrected chi connectivity index (χ1v) is 12.2. The fraction of sp³-hybridized carbons (Fsp3) is 0.346. The number of amides is 1. The van der Waals surface area contributed by atoms with Gasteiger partial charge < -0.3 is 9.80 Å². The minimum absolute atomic E-state index is 0.00162. The molecule has 2 aliphatic rings. The van der Waals surface area contributed by atoms with Crippen molar-refractivity contribution in [3.8, 4) is 0 Å². The van der Waals surface area contributed by atoms with Crippen LogP contribution < -0.4 is 0 Å². The van der Waals surface area contributed by atoms with Gasteiger partial charge in [0.1, 0.15) is 0 Å². The first-order chi connectivity index (χ1) is 16.4. The van der Waals surface area contributed by atoms with Gasteiger partial charge in [-0.2, -0.15) is 0 Å². The molecule has 0 atom stereocenters. The van der Waals surface area contributed by atoms with Crippen molar-refractivity contribution in [2.45, 2.75) is 25.7 Å². The lowest BCUT2D eigenvalue weighted by Gasteiger charge is -2.32. The maximum Gasteiger partial charge on any atom is 0.224 e. The van der Waals surface area contributed by atoms with Gasteiger partial charge in [0.2, 0.25) is 5.91 Å². The predicted octanol–water partition coefficient (Wildman–Crippen LogP) is 6.08. The fourth-order valence-electron chi connectivity index (χ4n) is 4.16. The Hall–Kier alpha value is -2.58. The molecule has 3 nitrogen and oxygen atoms in total. The molecule has 2 aromatic rings. The number of benzene rings is 2. The Balaban J connectivity index is 1.55. The van der Waals surface area contributed by atoms with Crippen molar-refractivity contribution in [1.29, 1.82) is 0 Å². The summed E-state index contributed by atoms with van der Waals surface area (Å²) in [6.07, 6.45) is 7.35. The molecule has 2 aromatic carbocycles. The zero-order chi connectivity index (χ0) is 24.1. The lowest BCUT2D eigenvalue weighted by atomic mass is 10.1. The van der Waals surface area contributed by atoms with E-state index >= 15 is 0 Å². The lowest BCUT2D eigenvalue weighted by Crippen LogP contribution is -2.39. The molecule has 2 heterocycles. The molecule has 8 heteroatoms. The highest BCUT2D eigenvalue weighted by molar-refractivity contribution is 8.07. The van der Waals surface area contributed by atoms with Crippen LogP contribution >= 0.6 is 11.8 Å². The normalized spacial score (nSPS) is 19.7. The molecular weight excluding hydrogens is 464 g/mol. The third-order valence-corrected chi connectivity index (χ3v) is 6.96. The van der Waals surface area contributed by atoms with Gasteiger partial charge in [-0.15, -0.1) is 0 Å². The number of rotatable bonds is 5. The van der Waals surface area contributed by atoms with E-state index in [1.165, 1.54) is 30.3 Å². The first kappa shape index (κ1) is 24.5. The van der Waals surface area contributed by atoms with Crippen LogP contribution in [0.3, 0.4) is 0 Å². The van der Waals surface area contributed by atoms with Gasteiger partial charge in [0, 0.05) is 22.8 Å². The number of halogens is 4. The molecule has 34 heavy (non-hydrogen) atoms. The van der Waals surface area contributed by atoms with Gasteiger partial charge >= 0.3 is 0 Å². The number of carbonyl (C=O) groups excluding carboxylic acids is 1. The molecular formula is C26H26F4N2OS. The number of carbonyl (C=O) groups is 1. The molecule has 0 aromatic heterocycles. The number of hydrogen-bond donors (Lipinski definition) is 0. The van der Waals surface area contributed by atoms with Gasteiger partial charge in [0.15, 0.2) is 23.3 Å². The van der Waals surface area contributed by atoms with Crippen LogP contribution in [0.5, 0.6) is 0 Å². The summed E-state index contributed by atoms with van der Waals surface area (Å²) in [4.78, 5) is 18.6. The van der Waals surface area contributed by atoms with E-state index in [2.05, 4.69) is 4.90 Å². The highest BCUT2D eigenvalue weighted by Gasteiger charge is 2.24. The van der Waals surface area contributed by atoms with Crippen LogP contribution in [0.2, 0.25) is 0 Å². The Bertz CT molecular complexity index is 1040. The van der Waals surface area contributed by atoms with E-state index in [1.54, 1.807) is 17.1 Å². The van der Waals surface area contributed by atoms with E-state index in [4.69, 9.17) is 0 Å². The summed E-state index contributed by atoms with van der Waals surface area (Å²) in [7, 11) is 0. The minimum Gasteiger partial charge on any atom is -0.333 e. The van der Waals surface area contributed by atoms with Crippen molar-refractivity contribution in [3.63, 3.8) is 0 Å². The first-order valence-electron chi connectivity index (χ1n) is 11.4. The van der Waals surface area contributed by atoms with Crippen molar-refractivity contribution in [2.75, 3.05) is 32.7 Å². The topological polar surface area (TPSA) is 23.6 Å². The van der Waals surface area contributed by atoms with Gasteiger partial charge in [0.05, 0.1) is 13.1 Å². The van der Waals surface area contributed by atoms with Gasteiger partial charge in [-0.25, -0.2) is 17.6 Å². The number of hydrogen-bond acceptors (Lipinski definition) is 3. The third-order valence-electron chi connectivity index (χ3n) is 5.94. The van der Waals surface area contributed by atoms with E-state index in [0.717, 1.165) is 60.0 Å². The molecule has 0 radical (unpaired) electrons. The van der Waals surface area contributed by atoms with Crippen LogP contribution in [-0.4, -0.2) is 48.4 Å². The second kappa shape index (κ2) is 11.2. The van der Waals surface area contributed by atoms with Gasteiger partial charge in [0.25, 0.3) is 0 Å². The van der Waals surface area contributed by atoms with Crippen LogP contribution in [0.25, 0.3) is 12.2 Å². The van der Waals surface area contributed by atoms with E-state index in [-0.39, 0.29) is 5.91 Å². The Morgan fingerprint density at radius 3 is 1.82 bits per heavy atom. The maximum atomic E-state index is 13.7. The third kappa shape index (κ3) is 6.51. The molecule has 180 valence electrons. The summed E-state index contributed by atoms with van der Waals surface area (Å²) >= 11 is 1.39. The van der Waals surface area contributed by atoms with Crippen LogP contribution in [-0.2, 0) is 4.79 Å². The number of nitrogens with zero attached hydrogens (tertiary/aromatic N) is 2. The SMILES string of the molecule is O=C(CCN1CCCCC1)N1C/C(=C\c2ccc(F)c(F)c2)S/C(=C/c2ccc(F)c(F)c2)C1. The summed E-state index contributed by atoms with van der Waals surface area (Å²) < 4.78 is 54.0.